The van der Waals surface area contributed by atoms with Crippen molar-refractivity contribution >= 4 is 39.1 Å². The maximum absolute atomic E-state index is 13.4. The molecule has 1 N–H and O–H groups in total. The van der Waals surface area contributed by atoms with Crippen molar-refractivity contribution in [2.24, 2.45) is 0 Å². The van der Waals surface area contributed by atoms with Crippen LogP contribution in [0.4, 0.5) is 5.69 Å². The highest BCUT2D eigenvalue weighted by molar-refractivity contribution is 7.92. The quantitative estimate of drug-likeness (QED) is 0.412. The first-order valence-corrected chi connectivity index (χ1v) is 14.1. The maximum Gasteiger partial charge on any atom is 0.243 e. The molecule has 0 bridgehead atoms. The second kappa shape index (κ2) is 13.5. The molecule has 8 nitrogen and oxygen atoms in total. The third kappa shape index (κ3) is 8.71. The van der Waals surface area contributed by atoms with Crippen LogP contribution in [0.2, 0.25) is 5.02 Å². The molecule has 0 aliphatic rings. The Bertz CT molecular complexity index is 1140. The molecule has 0 aliphatic carbocycles. The third-order valence-electron chi connectivity index (χ3n) is 5.55. The molecule has 0 heterocycles. The predicted octanol–water partition coefficient (Wildman–Crippen LogP) is 4.23. The fourth-order valence-electron chi connectivity index (χ4n) is 3.90. The lowest BCUT2D eigenvalue weighted by atomic mass is 10.1. The lowest BCUT2D eigenvalue weighted by Crippen LogP contribution is -2.50. The minimum absolute atomic E-state index is 0.0682. The van der Waals surface area contributed by atoms with Crippen molar-refractivity contribution < 1.29 is 22.7 Å². The molecular weight excluding hydrogens is 502 g/mol. The molecule has 2 aromatic rings. The van der Waals surface area contributed by atoms with Gasteiger partial charge in [-0.3, -0.25) is 13.9 Å². The van der Waals surface area contributed by atoms with E-state index in [1.54, 1.807) is 36.3 Å². The van der Waals surface area contributed by atoms with Crippen LogP contribution < -0.4 is 14.4 Å². The lowest BCUT2D eigenvalue weighted by Gasteiger charge is -2.31. The van der Waals surface area contributed by atoms with Crippen LogP contribution in [0.25, 0.3) is 0 Å². The number of nitrogens with zero attached hydrogens (tertiary/aromatic N) is 2. The van der Waals surface area contributed by atoms with Gasteiger partial charge in [-0.25, -0.2) is 8.42 Å². The zero-order valence-corrected chi connectivity index (χ0v) is 23.1. The summed E-state index contributed by atoms with van der Waals surface area (Å²) in [6, 6.07) is 13.2. The normalized spacial score (nSPS) is 12.2. The van der Waals surface area contributed by atoms with Gasteiger partial charge in [0.25, 0.3) is 0 Å². The molecule has 198 valence electrons. The van der Waals surface area contributed by atoms with E-state index in [0.717, 1.165) is 11.8 Å². The van der Waals surface area contributed by atoms with E-state index >= 15 is 0 Å². The molecule has 1 atom stereocenters. The number of hydrogen-bond acceptors (Lipinski definition) is 5. The molecule has 2 aromatic carbocycles. The molecule has 0 aliphatic heterocycles. The summed E-state index contributed by atoms with van der Waals surface area (Å²) in [6.45, 7) is 5.93. The van der Waals surface area contributed by atoms with Gasteiger partial charge in [-0.15, -0.1) is 0 Å². The fraction of sp³-hybridized carbons (Fsp3) is 0.462. The summed E-state index contributed by atoms with van der Waals surface area (Å²) in [7, 11) is -2.02. The van der Waals surface area contributed by atoms with Crippen LogP contribution in [0.5, 0.6) is 5.75 Å². The number of halogens is 1. The van der Waals surface area contributed by atoms with Gasteiger partial charge in [-0.1, -0.05) is 36.7 Å². The summed E-state index contributed by atoms with van der Waals surface area (Å²) >= 11 is 6.05. The summed E-state index contributed by atoms with van der Waals surface area (Å²) in [6.07, 6.45) is 1.90. The van der Waals surface area contributed by atoms with Gasteiger partial charge in [0.05, 0.1) is 19.1 Å². The van der Waals surface area contributed by atoms with E-state index in [4.69, 9.17) is 16.3 Å². The number of sulfonamides is 1. The van der Waals surface area contributed by atoms with Crippen LogP contribution in [0, 0.1) is 0 Å². The third-order valence-corrected chi connectivity index (χ3v) is 6.98. The number of carbonyl (C=O) groups excluding carboxylic acids is 2. The smallest absolute Gasteiger partial charge is 0.243 e. The summed E-state index contributed by atoms with van der Waals surface area (Å²) in [4.78, 5) is 28.0. The van der Waals surface area contributed by atoms with Crippen LogP contribution in [0.1, 0.15) is 45.6 Å². The van der Waals surface area contributed by atoms with E-state index in [1.165, 1.54) is 4.31 Å². The Morgan fingerprint density at radius 3 is 2.39 bits per heavy atom. The molecule has 0 saturated heterocycles. The Kier molecular flexibility index (Phi) is 11.0. The fourth-order valence-corrected chi connectivity index (χ4v) is 5.04. The molecule has 10 heteroatoms. The largest absolute Gasteiger partial charge is 0.497 e. The van der Waals surface area contributed by atoms with Crippen molar-refractivity contribution in [1.29, 1.82) is 0 Å². The molecule has 0 unspecified atom stereocenters. The number of ether oxygens (including phenoxy) is 1. The summed E-state index contributed by atoms with van der Waals surface area (Å²) < 4.78 is 31.4. The van der Waals surface area contributed by atoms with Crippen LogP contribution >= 0.6 is 11.6 Å². The summed E-state index contributed by atoms with van der Waals surface area (Å²) in [5.41, 5.74) is 1.27. The number of rotatable bonds is 13. The second-order valence-electron chi connectivity index (χ2n) is 8.88. The molecule has 2 rings (SSSR count). The van der Waals surface area contributed by atoms with Crippen molar-refractivity contribution in [3.63, 3.8) is 0 Å². The number of anilines is 1. The van der Waals surface area contributed by atoms with Gasteiger partial charge in [0, 0.05) is 30.6 Å². The van der Waals surface area contributed by atoms with Crippen LogP contribution in [0.3, 0.4) is 0 Å². The number of hydrogen-bond donors (Lipinski definition) is 1. The monoisotopic (exact) mass is 537 g/mol. The first kappa shape index (κ1) is 29.5. The number of methoxy groups -OCH3 is 1. The van der Waals surface area contributed by atoms with E-state index in [2.05, 4.69) is 5.32 Å². The van der Waals surface area contributed by atoms with Crippen molar-refractivity contribution in [3.8, 4) is 5.75 Å². The van der Waals surface area contributed by atoms with Crippen molar-refractivity contribution in [1.82, 2.24) is 10.2 Å². The minimum atomic E-state index is -3.59. The van der Waals surface area contributed by atoms with Gasteiger partial charge in [0.15, 0.2) is 0 Å². The Morgan fingerprint density at radius 1 is 1.11 bits per heavy atom. The Balaban J connectivity index is 2.24. The first-order valence-electron chi connectivity index (χ1n) is 11.9. The van der Waals surface area contributed by atoms with Crippen LogP contribution in [-0.2, 0) is 26.2 Å². The summed E-state index contributed by atoms with van der Waals surface area (Å²) in [5, 5.41) is 3.32. The molecule has 0 radical (unpaired) electrons. The zero-order valence-electron chi connectivity index (χ0n) is 21.5. The Hall–Kier alpha value is -2.78. The molecule has 2 amide bonds. The standard InChI is InChI=1S/C26H36ClN3O5S/c1-6-24(26(32)28-19(2)3)29(18-20-10-7-13-23(16-20)35-4)25(31)14-9-15-30(36(5,33)34)22-12-8-11-21(27)17-22/h7-8,10-13,16-17,19,24H,6,9,14-15,18H2,1-5H3,(H,28,32)/t24-/m0/s1. The topological polar surface area (TPSA) is 96.0 Å². The van der Waals surface area contributed by atoms with E-state index in [-0.39, 0.29) is 43.8 Å². The highest BCUT2D eigenvalue weighted by Gasteiger charge is 2.29. The summed E-state index contributed by atoms with van der Waals surface area (Å²) in [5.74, 6) is 0.202. The van der Waals surface area contributed by atoms with Crippen LogP contribution in [0.15, 0.2) is 48.5 Å². The van der Waals surface area contributed by atoms with Gasteiger partial charge in [0.2, 0.25) is 21.8 Å². The van der Waals surface area contributed by atoms with Gasteiger partial charge < -0.3 is 15.0 Å². The minimum Gasteiger partial charge on any atom is -0.497 e. The maximum atomic E-state index is 13.4. The molecule has 0 fully saturated rings. The average molecular weight is 538 g/mol. The number of benzene rings is 2. The predicted molar refractivity (Wildman–Crippen MR) is 144 cm³/mol. The molecule has 0 saturated carbocycles. The first-order chi connectivity index (χ1) is 17.0. The Morgan fingerprint density at radius 2 is 1.81 bits per heavy atom. The van der Waals surface area contributed by atoms with E-state index in [9.17, 15) is 18.0 Å². The van der Waals surface area contributed by atoms with E-state index in [0.29, 0.717) is 22.9 Å². The number of nitrogens with one attached hydrogen (secondary N) is 1. The van der Waals surface area contributed by atoms with E-state index in [1.807, 2.05) is 45.0 Å². The van der Waals surface area contributed by atoms with Gasteiger partial charge in [-0.2, -0.15) is 0 Å². The van der Waals surface area contributed by atoms with Crippen molar-refractivity contribution in [2.75, 3.05) is 24.2 Å². The highest BCUT2D eigenvalue weighted by atomic mass is 35.5. The molecular formula is C26H36ClN3O5S. The van der Waals surface area contributed by atoms with Crippen molar-refractivity contribution in [2.45, 2.75) is 58.7 Å². The highest BCUT2D eigenvalue weighted by Crippen LogP contribution is 2.23. The van der Waals surface area contributed by atoms with Crippen LogP contribution in [-0.4, -0.2) is 57.1 Å². The number of amides is 2. The lowest BCUT2D eigenvalue weighted by molar-refractivity contribution is -0.141. The molecule has 36 heavy (non-hydrogen) atoms. The second-order valence-corrected chi connectivity index (χ2v) is 11.2. The van der Waals surface area contributed by atoms with Crippen molar-refractivity contribution in [3.05, 3.63) is 59.1 Å². The number of carbonyl (C=O) groups is 2. The van der Waals surface area contributed by atoms with Gasteiger partial charge >= 0.3 is 0 Å². The SMILES string of the molecule is CC[C@@H](C(=O)NC(C)C)N(Cc1cccc(OC)c1)C(=O)CCCN(c1cccc(Cl)c1)S(C)(=O)=O. The van der Waals surface area contributed by atoms with Gasteiger partial charge in [-0.05, 0) is 62.6 Å². The average Bonchev–Trinajstić information content (AvgIpc) is 2.80. The van der Waals surface area contributed by atoms with Gasteiger partial charge in [0.1, 0.15) is 11.8 Å². The van der Waals surface area contributed by atoms with E-state index < -0.39 is 16.1 Å². The molecule has 0 aromatic heterocycles. The molecule has 0 spiro atoms. The Labute approximate surface area is 219 Å². The zero-order chi connectivity index (χ0) is 26.9.